The number of rotatable bonds is 15. The van der Waals surface area contributed by atoms with Crippen LogP contribution in [0.15, 0.2) is 35.7 Å². The summed E-state index contributed by atoms with van der Waals surface area (Å²) >= 11 is 0. The predicted octanol–water partition coefficient (Wildman–Crippen LogP) is 4.98. The number of nitro groups is 2. The molecule has 0 fully saturated rings. The Hall–Kier alpha value is -2.31. The highest BCUT2D eigenvalue weighted by Crippen LogP contribution is 2.12. The average molecular weight is 352 g/mol. The van der Waals surface area contributed by atoms with Crippen LogP contribution in [-0.2, 0) is 4.79 Å². The second-order valence-corrected chi connectivity index (χ2v) is 5.72. The minimum atomic E-state index is -0.396. The molecule has 0 spiro atoms. The molecule has 0 rings (SSSR count). The van der Waals surface area contributed by atoms with Gasteiger partial charge in [-0.3, -0.25) is 20.2 Å². The molecule has 0 aromatic heterocycles. The van der Waals surface area contributed by atoms with E-state index in [4.69, 9.17) is 0 Å². The standard InChI is InChI=1S/C18H28N2O5/c1-2-3-7-12-17(19(22)23)13-8-4-5-9-14-18(20(24)25)15-10-6-11-16-21/h4-5,13-14,16H,2-3,6-12,15H2,1H3/b5-4-,17-13+,18-14+. The van der Waals surface area contributed by atoms with Gasteiger partial charge in [0.25, 0.3) is 0 Å². The minimum Gasteiger partial charge on any atom is -0.303 e. The largest absolute Gasteiger partial charge is 0.303 e. The summed E-state index contributed by atoms with van der Waals surface area (Å²) in [7, 11) is 0. The van der Waals surface area contributed by atoms with Crippen LogP contribution < -0.4 is 0 Å². The van der Waals surface area contributed by atoms with Gasteiger partial charge in [-0.25, -0.2) is 0 Å². The van der Waals surface area contributed by atoms with Crippen LogP contribution in [0.3, 0.4) is 0 Å². The lowest BCUT2D eigenvalue weighted by Gasteiger charge is -1.98. The molecular weight excluding hydrogens is 324 g/mol. The van der Waals surface area contributed by atoms with Gasteiger partial charge in [0.05, 0.1) is 9.85 Å². The van der Waals surface area contributed by atoms with E-state index in [0.717, 1.165) is 25.5 Å². The molecule has 0 unspecified atom stereocenters. The molecule has 25 heavy (non-hydrogen) atoms. The quantitative estimate of drug-likeness (QED) is 0.136. The van der Waals surface area contributed by atoms with E-state index < -0.39 is 4.92 Å². The summed E-state index contributed by atoms with van der Waals surface area (Å²) < 4.78 is 0. The molecule has 7 nitrogen and oxygen atoms in total. The highest BCUT2D eigenvalue weighted by Gasteiger charge is 2.09. The van der Waals surface area contributed by atoms with Crippen molar-refractivity contribution < 1.29 is 14.6 Å². The van der Waals surface area contributed by atoms with E-state index in [1.54, 1.807) is 24.3 Å². The maximum Gasteiger partial charge on any atom is 0.242 e. The van der Waals surface area contributed by atoms with Gasteiger partial charge in [-0.05, 0) is 44.3 Å². The van der Waals surface area contributed by atoms with Gasteiger partial charge in [0, 0.05) is 19.3 Å². The number of nitrogens with zero attached hydrogens (tertiary/aromatic N) is 2. The summed E-state index contributed by atoms with van der Waals surface area (Å²) in [5.41, 5.74) is 0.381. The summed E-state index contributed by atoms with van der Waals surface area (Å²) in [6.45, 7) is 2.05. The number of aldehydes is 1. The van der Waals surface area contributed by atoms with E-state index >= 15 is 0 Å². The third-order valence-corrected chi connectivity index (χ3v) is 3.66. The van der Waals surface area contributed by atoms with E-state index in [2.05, 4.69) is 0 Å². The molecule has 0 amide bonds. The molecule has 0 N–H and O–H groups in total. The van der Waals surface area contributed by atoms with Crippen LogP contribution in [0, 0.1) is 20.2 Å². The molecule has 0 aromatic carbocycles. The Labute approximate surface area is 148 Å². The fraction of sp³-hybridized carbons (Fsp3) is 0.611. The van der Waals surface area contributed by atoms with Crippen molar-refractivity contribution in [1.29, 1.82) is 0 Å². The van der Waals surface area contributed by atoms with Gasteiger partial charge in [0.2, 0.25) is 11.4 Å². The van der Waals surface area contributed by atoms with Crippen molar-refractivity contribution in [2.75, 3.05) is 0 Å². The molecule has 0 saturated carbocycles. The first-order valence-electron chi connectivity index (χ1n) is 8.78. The third kappa shape index (κ3) is 12.7. The number of carbonyl (C=O) groups is 1. The van der Waals surface area contributed by atoms with E-state index in [-0.39, 0.29) is 16.3 Å². The maximum absolute atomic E-state index is 10.9. The maximum atomic E-state index is 10.9. The lowest BCUT2D eigenvalue weighted by molar-refractivity contribution is -0.428. The van der Waals surface area contributed by atoms with Crippen LogP contribution in [0.5, 0.6) is 0 Å². The predicted molar refractivity (Wildman–Crippen MR) is 97.2 cm³/mol. The Morgan fingerprint density at radius 3 is 1.72 bits per heavy atom. The van der Waals surface area contributed by atoms with Gasteiger partial charge in [-0.2, -0.15) is 0 Å². The van der Waals surface area contributed by atoms with Crippen molar-refractivity contribution in [1.82, 2.24) is 0 Å². The van der Waals surface area contributed by atoms with Crippen LogP contribution in [0.1, 0.15) is 71.1 Å². The molecule has 0 aliphatic rings. The topological polar surface area (TPSA) is 103 Å². The first-order chi connectivity index (χ1) is 12.0. The summed E-state index contributed by atoms with van der Waals surface area (Å²) in [6.07, 6.45) is 13.7. The minimum absolute atomic E-state index is 0.150. The van der Waals surface area contributed by atoms with E-state index in [9.17, 15) is 25.0 Å². The Morgan fingerprint density at radius 1 is 0.840 bits per heavy atom. The lowest BCUT2D eigenvalue weighted by Crippen LogP contribution is -1.99. The van der Waals surface area contributed by atoms with Crippen molar-refractivity contribution in [3.05, 3.63) is 55.9 Å². The normalized spacial score (nSPS) is 12.5. The molecule has 7 heteroatoms. The molecule has 0 radical (unpaired) electrons. The van der Waals surface area contributed by atoms with Crippen LogP contribution in [-0.4, -0.2) is 16.1 Å². The number of hydrogen-bond donors (Lipinski definition) is 0. The highest BCUT2D eigenvalue weighted by molar-refractivity contribution is 5.48. The number of unbranched alkanes of at least 4 members (excludes halogenated alkanes) is 4. The van der Waals surface area contributed by atoms with Gasteiger partial charge >= 0.3 is 0 Å². The zero-order valence-electron chi connectivity index (χ0n) is 14.9. The van der Waals surface area contributed by atoms with Crippen LogP contribution in [0.4, 0.5) is 0 Å². The van der Waals surface area contributed by atoms with Gasteiger partial charge in [-0.1, -0.05) is 31.9 Å². The molecule has 140 valence electrons. The van der Waals surface area contributed by atoms with Crippen molar-refractivity contribution in [2.24, 2.45) is 0 Å². The van der Waals surface area contributed by atoms with Crippen molar-refractivity contribution >= 4 is 6.29 Å². The van der Waals surface area contributed by atoms with Crippen molar-refractivity contribution in [3.8, 4) is 0 Å². The van der Waals surface area contributed by atoms with Gasteiger partial charge in [-0.15, -0.1) is 0 Å². The number of carbonyl (C=O) groups excluding carboxylic acids is 1. The van der Waals surface area contributed by atoms with Crippen LogP contribution >= 0.6 is 0 Å². The number of allylic oxidation sites excluding steroid dienone is 6. The van der Waals surface area contributed by atoms with Crippen LogP contribution in [0.2, 0.25) is 0 Å². The SMILES string of the molecule is CCCCC/C(=C\C/C=C\C/C=C(\CCCCC=O)[N+](=O)[O-])[N+](=O)[O-]. The molecular formula is C18H28N2O5. The first kappa shape index (κ1) is 22.7. The molecule has 0 aliphatic carbocycles. The molecule has 0 aliphatic heterocycles. The van der Waals surface area contributed by atoms with E-state index in [0.29, 0.717) is 44.9 Å². The second kappa shape index (κ2) is 15.2. The molecule has 0 aromatic rings. The second-order valence-electron chi connectivity index (χ2n) is 5.72. The molecule has 0 saturated heterocycles. The Balaban J connectivity index is 4.36. The van der Waals surface area contributed by atoms with E-state index in [1.807, 2.05) is 6.92 Å². The Kier molecular flexibility index (Phi) is 13.8. The number of hydrogen-bond acceptors (Lipinski definition) is 5. The smallest absolute Gasteiger partial charge is 0.242 e. The fourth-order valence-corrected chi connectivity index (χ4v) is 2.23. The zero-order valence-corrected chi connectivity index (χ0v) is 14.9. The monoisotopic (exact) mass is 352 g/mol. The Morgan fingerprint density at radius 2 is 1.32 bits per heavy atom. The third-order valence-electron chi connectivity index (χ3n) is 3.66. The van der Waals surface area contributed by atoms with Crippen LogP contribution in [0.25, 0.3) is 0 Å². The molecule has 0 heterocycles. The van der Waals surface area contributed by atoms with Crippen molar-refractivity contribution in [3.63, 3.8) is 0 Å². The lowest BCUT2D eigenvalue weighted by atomic mass is 10.1. The molecule has 0 bridgehead atoms. The fourth-order valence-electron chi connectivity index (χ4n) is 2.23. The Bertz CT molecular complexity index is 510. The summed E-state index contributed by atoms with van der Waals surface area (Å²) in [4.78, 5) is 31.3. The van der Waals surface area contributed by atoms with E-state index in [1.165, 1.54) is 0 Å². The summed E-state index contributed by atoms with van der Waals surface area (Å²) in [5.74, 6) is 0. The zero-order chi connectivity index (χ0) is 18.9. The van der Waals surface area contributed by atoms with Gasteiger partial charge < -0.3 is 4.79 Å². The molecule has 0 atom stereocenters. The van der Waals surface area contributed by atoms with Gasteiger partial charge in [0.15, 0.2) is 0 Å². The van der Waals surface area contributed by atoms with Crippen molar-refractivity contribution in [2.45, 2.75) is 71.1 Å². The van der Waals surface area contributed by atoms with Gasteiger partial charge in [0.1, 0.15) is 6.29 Å². The average Bonchev–Trinajstić information content (AvgIpc) is 2.57. The highest BCUT2D eigenvalue weighted by atomic mass is 16.6. The first-order valence-corrected chi connectivity index (χ1v) is 8.78. The summed E-state index contributed by atoms with van der Waals surface area (Å²) in [5, 5.41) is 21.9. The summed E-state index contributed by atoms with van der Waals surface area (Å²) in [6, 6.07) is 0.